The standard InChI is InChI=1S/C12H20N2O/c1-8(2)9-4-5-12(15-3)10(6-9)11(14)7-13/h4-6,8,11H,7,13-14H2,1-3H3/t11-/m0/s1. The van der Waals surface area contributed by atoms with E-state index in [1.165, 1.54) is 5.56 Å². The molecule has 84 valence electrons. The predicted octanol–water partition coefficient (Wildman–Crippen LogP) is 1.78. The number of benzene rings is 1. The minimum absolute atomic E-state index is 0.154. The third kappa shape index (κ3) is 2.70. The van der Waals surface area contributed by atoms with E-state index in [-0.39, 0.29) is 6.04 Å². The number of nitrogens with two attached hydrogens (primary N) is 2. The molecule has 4 N–H and O–H groups in total. The summed E-state index contributed by atoms with van der Waals surface area (Å²) in [6, 6.07) is 5.95. The average Bonchev–Trinajstić information content (AvgIpc) is 2.27. The molecule has 0 aliphatic rings. The molecule has 0 aliphatic heterocycles. The van der Waals surface area contributed by atoms with Crippen LogP contribution in [-0.2, 0) is 0 Å². The Hall–Kier alpha value is -1.06. The maximum Gasteiger partial charge on any atom is 0.123 e. The first-order chi connectivity index (χ1) is 7.10. The summed E-state index contributed by atoms with van der Waals surface area (Å²) in [4.78, 5) is 0. The molecule has 15 heavy (non-hydrogen) atoms. The Bertz CT molecular complexity index is 323. The molecule has 0 amide bonds. The molecule has 0 fully saturated rings. The normalized spacial score (nSPS) is 12.9. The fourth-order valence-corrected chi connectivity index (χ4v) is 1.53. The van der Waals surface area contributed by atoms with Gasteiger partial charge in [-0.3, -0.25) is 0 Å². The molecule has 1 rings (SSSR count). The van der Waals surface area contributed by atoms with Crippen LogP contribution in [0.2, 0.25) is 0 Å². The van der Waals surface area contributed by atoms with E-state index in [1.54, 1.807) is 7.11 Å². The third-order valence-electron chi connectivity index (χ3n) is 2.57. The van der Waals surface area contributed by atoms with Gasteiger partial charge in [0.05, 0.1) is 7.11 Å². The van der Waals surface area contributed by atoms with Gasteiger partial charge in [-0.2, -0.15) is 0 Å². The minimum Gasteiger partial charge on any atom is -0.496 e. The van der Waals surface area contributed by atoms with Crippen molar-refractivity contribution in [2.24, 2.45) is 11.5 Å². The van der Waals surface area contributed by atoms with E-state index < -0.39 is 0 Å². The second kappa shape index (κ2) is 5.14. The van der Waals surface area contributed by atoms with Crippen LogP contribution in [0.25, 0.3) is 0 Å². The molecule has 0 unspecified atom stereocenters. The van der Waals surface area contributed by atoms with Crippen molar-refractivity contribution in [3.63, 3.8) is 0 Å². The summed E-state index contributed by atoms with van der Waals surface area (Å²) in [5, 5.41) is 0. The van der Waals surface area contributed by atoms with E-state index in [4.69, 9.17) is 16.2 Å². The van der Waals surface area contributed by atoms with Crippen LogP contribution in [0.1, 0.15) is 36.9 Å². The first-order valence-electron chi connectivity index (χ1n) is 5.23. The van der Waals surface area contributed by atoms with Gasteiger partial charge < -0.3 is 16.2 Å². The second-order valence-corrected chi connectivity index (χ2v) is 4.00. The lowest BCUT2D eigenvalue weighted by atomic mass is 9.97. The molecular weight excluding hydrogens is 188 g/mol. The first-order valence-corrected chi connectivity index (χ1v) is 5.23. The van der Waals surface area contributed by atoms with Crippen LogP contribution in [0.15, 0.2) is 18.2 Å². The van der Waals surface area contributed by atoms with Gasteiger partial charge in [0.1, 0.15) is 5.75 Å². The van der Waals surface area contributed by atoms with Gasteiger partial charge in [0.25, 0.3) is 0 Å². The summed E-state index contributed by atoms with van der Waals surface area (Å²) < 4.78 is 5.27. The Kier molecular flexibility index (Phi) is 4.12. The molecule has 0 saturated carbocycles. The van der Waals surface area contributed by atoms with E-state index in [2.05, 4.69) is 26.0 Å². The molecule has 1 aromatic rings. The van der Waals surface area contributed by atoms with Crippen LogP contribution in [0.4, 0.5) is 0 Å². The molecule has 3 nitrogen and oxygen atoms in total. The molecule has 0 radical (unpaired) electrons. The lowest BCUT2D eigenvalue weighted by Gasteiger charge is -2.16. The van der Waals surface area contributed by atoms with Crippen molar-refractivity contribution in [1.29, 1.82) is 0 Å². The summed E-state index contributed by atoms with van der Waals surface area (Å²) in [5.74, 6) is 1.30. The number of hydrogen-bond donors (Lipinski definition) is 2. The fraction of sp³-hybridized carbons (Fsp3) is 0.500. The van der Waals surface area contributed by atoms with E-state index in [1.807, 2.05) is 6.07 Å². The molecule has 0 saturated heterocycles. The molecular formula is C12H20N2O. The summed E-state index contributed by atoms with van der Waals surface area (Å²) in [6.07, 6.45) is 0. The van der Waals surface area contributed by atoms with Gasteiger partial charge >= 0.3 is 0 Å². The topological polar surface area (TPSA) is 61.3 Å². The highest BCUT2D eigenvalue weighted by Gasteiger charge is 2.12. The molecule has 1 atom stereocenters. The number of ether oxygens (including phenoxy) is 1. The van der Waals surface area contributed by atoms with Crippen molar-refractivity contribution in [3.8, 4) is 5.75 Å². The second-order valence-electron chi connectivity index (χ2n) is 4.00. The summed E-state index contributed by atoms with van der Waals surface area (Å²) in [6.45, 7) is 4.73. The minimum atomic E-state index is -0.154. The van der Waals surface area contributed by atoms with Crippen LogP contribution >= 0.6 is 0 Å². The monoisotopic (exact) mass is 208 g/mol. The van der Waals surface area contributed by atoms with Crippen molar-refractivity contribution in [2.45, 2.75) is 25.8 Å². The van der Waals surface area contributed by atoms with E-state index in [9.17, 15) is 0 Å². The van der Waals surface area contributed by atoms with Crippen molar-refractivity contribution in [1.82, 2.24) is 0 Å². The van der Waals surface area contributed by atoms with Gasteiger partial charge in [0, 0.05) is 18.2 Å². The highest BCUT2D eigenvalue weighted by molar-refractivity contribution is 5.40. The van der Waals surface area contributed by atoms with E-state index in [0.717, 1.165) is 11.3 Å². The van der Waals surface area contributed by atoms with Gasteiger partial charge in [-0.05, 0) is 17.5 Å². The van der Waals surface area contributed by atoms with Gasteiger partial charge in [-0.25, -0.2) is 0 Å². The van der Waals surface area contributed by atoms with Crippen LogP contribution in [0.3, 0.4) is 0 Å². The van der Waals surface area contributed by atoms with Crippen molar-refractivity contribution in [2.75, 3.05) is 13.7 Å². The quantitative estimate of drug-likeness (QED) is 0.792. The molecule has 0 heterocycles. The zero-order valence-electron chi connectivity index (χ0n) is 9.66. The van der Waals surface area contributed by atoms with E-state index >= 15 is 0 Å². The Morgan fingerprint density at radius 2 is 2.00 bits per heavy atom. The van der Waals surface area contributed by atoms with Crippen molar-refractivity contribution < 1.29 is 4.74 Å². The molecule has 0 aromatic heterocycles. The summed E-state index contributed by atoms with van der Waals surface area (Å²) in [7, 11) is 1.65. The fourth-order valence-electron chi connectivity index (χ4n) is 1.53. The Labute approximate surface area is 91.4 Å². The van der Waals surface area contributed by atoms with Crippen LogP contribution in [0.5, 0.6) is 5.75 Å². The molecule has 3 heteroatoms. The van der Waals surface area contributed by atoms with Crippen molar-refractivity contribution >= 4 is 0 Å². The summed E-state index contributed by atoms with van der Waals surface area (Å²) >= 11 is 0. The Morgan fingerprint density at radius 3 is 2.47 bits per heavy atom. The molecule has 0 spiro atoms. The highest BCUT2D eigenvalue weighted by atomic mass is 16.5. The maximum atomic E-state index is 5.93. The first kappa shape index (κ1) is 12.0. The molecule has 0 aliphatic carbocycles. The lowest BCUT2D eigenvalue weighted by molar-refractivity contribution is 0.405. The zero-order valence-corrected chi connectivity index (χ0v) is 9.66. The van der Waals surface area contributed by atoms with Gasteiger partial charge in [0.15, 0.2) is 0 Å². The van der Waals surface area contributed by atoms with Gasteiger partial charge in [-0.15, -0.1) is 0 Å². The molecule has 0 bridgehead atoms. The Balaban J connectivity index is 3.13. The van der Waals surface area contributed by atoms with Crippen molar-refractivity contribution in [3.05, 3.63) is 29.3 Å². The van der Waals surface area contributed by atoms with Gasteiger partial charge in [-0.1, -0.05) is 26.0 Å². The third-order valence-corrected chi connectivity index (χ3v) is 2.57. The van der Waals surface area contributed by atoms with Crippen LogP contribution in [-0.4, -0.2) is 13.7 Å². The van der Waals surface area contributed by atoms with Crippen LogP contribution < -0.4 is 16.2 Å². The lowest BCUT2D eigenvalue weighted by Crippen LogP contribution is -2.21. The largest absolute Gasteiger partial charge is 0.496 e. The predicted molar refractivity (Wildman–Crippen MR) is 63.1 cm³/mol. The number of rotatable bonds is 4. The summed E-state index contributed by atoms with van der Waals surface area (Å²) in [5.41, 5.74) is 13.8. The van der Waals surface area contributed by atoms with Crippen LogP contribution in [0, 0.1) is 0 Å². The van der Waals surface area contributed by atoms with E-state index in [0.29, 0.717) is 12.5 Å². The number of hydrogen-bond acceptors (Lipinski definition) is 3. The molecule has 1 aromatic carbocycles. The smallest absolute Gasteiger partial charge is 0.123 e. The Morgan fingerprint density at radius 1 is 1.33 bits per heavy atom. The SMILES string of the molecule is COc1ccc(C(C)C)cc1[C@@H](N)CN. The zero-order chi connectivity index (χ0) is 11.4. The van der Waals surface area contributed by atoms with Gasteiger partial charge in [0.2, 0.25) is 0 Å². The highest BCUT2D eigenvalue weighted by Crippen LogP contribution is 2.27. The maximum absolute atomic E-state index is 5.93. The average molecular weight is 208 g/mol. The number of methoxy groups -OCH3 is 1.